The average Bonchev–Trinajstić information content (AvgIpc) is 2.81. The van der Waals surface area contributed by atoms with Gasteiger partial charge in [0, 0.05) is 47.0 Å². The second-order valence-corrected chi connectivity index (χ2v) is 7.01. The largest absolute Gasteiger partial charge is 0.356 e. The minimum Gasteiger partial charge on any atom is -0.356 e. The Hall–Kier alpha value is -4.72. The van der Waals surface area contributed by atoms with Gasteiger partial charge in [-0.15, -0.1) is 0 Å². The summed E-state index contributed by atoms with van der Waals surface area (Å²) in [4.78, 5) is 20.6. The van der Waals surface area contributed by atoms with E-state index in [1.165, 1.54) is 24.3 Å². The van der Waals surface area contributed by atoms with Crippen LogP contribution in [-0.2, 0) is 0 Å². The summed E-state index contributed by atoms with van der Waals surface area (Å²) in [6.45, 7) is 0. The standard InChI is InChI=1S/C24H18N4O4/c29-27(30)23-13-9-21(10-14-23)25-19-5-1-17(2-6-19)18-3-7-20(8-4-18)26-22-11-15-24(16-12-22)28(31)32/h1-16,25-26H. The molecule has 4 aromatic carbocycles. The fourth-order valence-electron chi connectivity index (χ4n) is 3.16. The van der Waals surface area contributed by atoms with Gasteiger partial charge in [-0.05, 0) is 59.7 Å². The van der Waals surface area contributed by atoms with E-state index in [2.05, 4.69) is 10.6 Å². The van der Waals surface area contributed by atoms with E-state index >= 15 is 0 Å². The number of non-ortho nitro benzene ring substituents is 2. The average molecular weight is 426 g/mol. The molecular weight excluding hydrogens is 408 g/mol. The minimum absolute atomic E-state index is 0.0532. The summed E-state index contributed by atoms with van der Waals surface area (Å²) in [7, 11) is 0. The van der Waals surface area contributed by atoms with Gasteiger partial charge in [0.15, 0.2) is 0 Å². The lowest BCUT2D eigenvalue weighted by molar-refractivity contribution is -0.385. The molecule has 0 amide bonds. The number of hydrogen-bond donors (Lipinski definition) is 2. The highest BCUT2D eigenvalue weighted by molar-refractivity contribution is 5.71. The molecule has 0 aliphatic rings. The van der Waals surface area contributed by atoms with Crippen LogP contribution in [-0.4, -0.2) is 9.85 Å². The Labute approximate surface area is 183 Å². The Morgan fingerprint density at radius 2 is 0.688 bits per heavy atom. The summed E-state index contributed by atoms with van der Waals surface area (Å²) in [5, 5.41) is 27.9. The van der Waals surface area contributed by atoms with E-state index in [0.29, 0.717) is 0 Å². The summed E-state index contributed by atoms with van der Waals surface area (Å²) in [6.07, 6.45) is 0. The molecule has 0 atom stereocenters. The van der Waals surface area contributed by atoms with Crippen molar-refractivity contribution in [1.29, 1.82) is 0 Å². The fourth-order valence-corrected chi connectivity index (χ4v) is 3.16. The Bertz CT molecular complexity index is 1140. The predicted octanol–water partition coefficient (Wildman–Crippen LogP) is 6.66. The molecule has 0 unspecified atom stereocenters. The molecule has 0 spiro atoms. The molecule has 8 nitrogen and oxygen atoms in total. The maximum Gasteiger partial charge on any atom is 0.269 e. The fraction of sp³-hybridized carbons (Fsp3) is 0. The van der Waals surface area contributed by atoms with Crippen molar-refractivity contribution in [3.05, 3.63) is 117 Å². The van der Waals surface area contributed by atoms with Crippen LogP contribution in [0.25, 0.3) is 11.1 Å². The quantitative estimate of drug-likeness (QED) is 0.253. The molecule has 0 aliphatic carbocycles. The van der Waals surface area contributed by atoms with E-state index in [4.69, 9.17) is 0 Å². The first-order chi connectivity index (χ1) is 15.5. The molecule has 2 N–H and O–H groups in total. The molecule has 32 heavy (non-hydrogen) atoms. The Kier molecular flexibility index (Phi) is 5.76. The van der Waals surface area contributed by atoms with E-state index in [1.54, 1.807) is 24.3 Å². The monoisotopic (exact) mass is 426 g/mol. The molecular formula is C24H18N4O4. The lowest BCUT2D eigenvalue weighted by Gasteiger charge is -2.09. The van der Waals surface area contributed by atoms with Gasteiger partial charge in [0.05, 0.1) is 9.85 Å². The van der Waals surface area contributed by atoms with Gasteiger partial charge in [0.2, 0.25) is 0 Å². The number of nitro benzene ring substituents is 2. The third-order valence-electron chi connectivity index (χ3n) is 4.84. The van der Waals surface area contributed by atoms with Crippen LogP contribution in [0.1, 0.15) is 0 Å². The van der Waals surface area contributed by atoms with E-state index in [1.807, 2.05) is 48.5 Å². The first kappa shape index (κ1) is 20.5. The maximum atomic E-state index is 10.7. The summed E-state index contributed by atoms with van der Waals surface area (Å²) in [6, 6.07) is 28.3. The van der Waals surface area contributed by atoms with Crippen LogP contribution >= 0.6 is 0 Å². The zero-order valence-corrected chi connectivity index (χ0v) is 16.8. The lowest BCUT2D eigenvalue weighted by Crippen LogP contribution is -1.92. The van der Waals surface area contributed by atoms with E-state index in [-0.39, 0.29) is 11.4 Å². The van der Waals surface area contributed by atoms with Gasteiger partial charge < -0.3 is 10.6 Å². The van der Waals surface area contributed by atoms with Gasteiger partial charge in [-0.2, -0.15) is 0 Å². The molecule has 0 saturated carbocycles. The van der Waals surface area contributed by atoms with Crippen LogP contribution in [0.15, 0.2) is 97.1 Å². The Morgan fingerprint density at radius 1 is 0.438 bits per heavy atom. The number of anilines is 4. The molecule has 8 heteroatoms. The number of nitrogens with one attached hydrogen (secondary N) is 2. The summed E-state index contributed by atoms with van der Waals surface area (Å²) < 4.78 is 0. The molecule has 158 valence electrons. The predicted molar refractivity (Wildman–Crippen MR) is 125 cm³/mol. The molecule has 0 fully saturated rings. The van der Waals surface area contributed by atoms with Crippen molar-refractivity contribution < 1.29 is 9.85 Å². The highest BCUT2D eigenvalue weighted by Gasteiger charge is 2.06. The van der Waals surface area contributed by atoms with Gasteiger partial charge in [-0.25, -0.2) is 0 Å². The molecule has 4 aromatic rings. The summed E-state index contributed by atoms with van der Waals surface area (Å²) in [5.74, 6) is 0. The summed E-state index contributed by atoms with van der Waals surface area (Å²) in [5.41, 5.74) is 5.48. The highest BCUT2D eigenvalue weighted by atomic mass is 16.6. The zero-order valence-electron chi connectivity index (χ0n) is 16.8. The molecule has 0 radical (unpaired) electrons. The third-order valence-corrected chi connectivity index (χ3v) is 4.84. The van der Waals surface area contributed by atoms with Crippen LogP contribution < -0.4 is 10.6 Å². The third kappa shape index (κ3) is 4.88. The Balaban J connectivity index is 1.40. The SMILES string of the molecule is O=[N+]([O-])c1ccc(Nc2ccc(-c3ccc(Nc4ccc([N+](=O)[O-])cc4)cc3)cc2)cc1. The number of rotatable bonds is 7. The Morgan fingerprint density at radius 3 is 0.938 bits per heavy atom. The molecule has 4 rings (SSSR count). The molecule has 0 saturated heterocycles. The van der Waals surface area contributed by atoms with Gasteiger partial charge >= 0.3 is 0 Å². The maximum absolute atomic E-state index is 10.7. The van der Waals surface area contributed by atoms with E-state index in [9.17, 15) is 20.2 Å². The van der Waals surface area contributed by atoms with Crippen molar-refractivity contribution in [3.8, 4) is 11.1 Å². The van der Waals surface area contributed by atoms with Gasteiger partial charge in [-0.3, -0.25) is 20.2 Å². The van der Waals surface area contributed by atoms with Crippen LogP contribution in [0.4, 0.5) is 34.1 Å². The molecule has 0 aliphatic heterocycles. The van der Waals surface area contributed by atoms with Crippen molar-refractivity contribution in [1.82, 2.24) is 0 Å². The number of hydrogen-bond acceptors (Lipinski definition) is 6. The van der Waals surface area contributed by atoms with Crippen LogP contribution in [0.3, 0.4) is 0 Å². The van der Waals surface area contributed by atoms with Crippen molar-refractivity contribution in [2.45, 2.75) is 0 Å². The van der Waals surface area contributed by atoms with Crippen LogP contribution in [0, 0.1) is 20.2 Å². The van der Waals surface area contributed by atoms with Crippen molar-refractivity contribution >= 4 is 34.1 Å². The van der Waals surface area contributed by atoms with Crippen LogP contribution in [0.5, 0.6) is 0 Å². The second-order valence-electron chi connectivity index (χ2n) is 7.01. The first-order valence-corrected chi connectivity index (χ1v) is 9.71. The van der Waals surface area contributed by atoms with Crippen molar-refractivity contribution in [2.24, 2.45) is 0 Å². The molecule has 0 bridgehead atoms. The molecule has 0 heterocycles. The van der Waals surface area contributed by atoms with Gasteiger partial charge in [0.25, 0.3) is 11.4 Å². The zero-order chi connectivity index (χ0) is 22.5. The lowest BCUT2D eigenvalue weighted by atomic mass is 10.0. The number of benzene rings is 4. The highest BCUT2D eigenvalue weighted by Crippen LogP contribution is 2.27. The summed E-state index contributed by atoms with van der Waals surface area (Å²) >= 11 is 0. The topological polar surface area (TPSA) is 110 Å². The van der Waals surface area contributed by atoms with E-state index in [0.717, 1.165) is 33.9 Å². The molecule has 0 aromatic heterocycles. The van der Waals surface area contributed by atoms with Gasteiger partial charge in [-0.1, -0.05) is 24.3 Å². The van der Waals surface area contributed by atoms with Crippen molar-refractivity contribution in [3.63, 3.8) is 0 Å². The normalized spacial score (nSPS) is 10.4. The van der Waals surface area contributed by atoms with Crippen molar-refractivity contribution in [2.75, 3.05) is 10.6 Å². The number of nitrogens with zero attached hydrogens (tertiary/aromatic N) is 2. The van der Waals surface area contributed by atoms with E-state index < -0.39 is 9.85 Å². The van der Waals surface area contributed by atoms with Gasteiger partial charge in [0.1, 0.15) is 0 Å². The number of nitro groups is 2. The smallest absolute Gasteiger partial charge is 0.269 e. The second kappa shape index (κ2) is 8.97. The minimum atomic E-state index is -0.425. The van der Waals surface area contributed by atoms with Crippen LogP contribution in [0.2, 0.25) is 0 Å². The first-order valence-electron chi connectivity index (χ1n) is 9.71.